The highest BCUT2D eigenvalue weighted by atomic mass is 16.6. The molecular weight excluding hydrogens is 302 g/mol. The number of nitrogens with zero attached hydrogens (tertiary/aromatic N) is 3. The van der Waals surface area contributed by atoms with Gasteiger partial charge in [-0.15, -0.1) is 0 Å². The van der Waals surface area contributed by atoms with Crippen molar-refractivity contribution in [2.24, 2.45) is 0 Å². The zero-order valence-electron chi connectivity index (χ0n) is 12.7. The second-order valence-electron chi connectivity index (χ2n) is 5.46. The summed E-state index contributed by atoms with van der Waals surface area (Å²) in [5, 5.41) is 16.8. The molecule has 5 nitrogen and oxygen atoms in total. The quantitative estimate of drug-likeness (QED) is 0.410. The van der Waals surface area contributed by atoms with Crippen LogP contribution >= 0.6 is 0 Å². The minimum atomic E-state index is -0.359. The molecule has 0 N–H and O–H groups in total. The van der Waals surface area contributed by atoms with Crippen LogP contribution < -0.4 is 0 Å². The molecule has 0 saturated heterocycles. The first-order valence-corrected chi connectivity index (χ1v) is 7.51. The topological polar surface area (TPSA) is 61.0 Å². The Morgan fingerprint density at radius 2 is 1.67 bits per heavy atom. The molecule has 116 valence electrons. The molecule has 0 aliphatic rings. The van der Waals surface area contributed by atoms with Crippen LogP contribution in [-0.2, 0) is 0 Å². The number of hydrogen-bond acceptors (Lipinski definition) is 3. The third-order valence-electron chi connectivity index (χ3n) is 3.94. The molecule has 0 fully saturated rings. The third kappa shape index (κ3) is 2.42. The maximum absolute atomic E-state index is 11.2. The molecule has 24 heavy (non-hydrogen) atoms. The van der Waals surface area contributed by atoms with E-state index in [0.29, 0.717) is 5.56 Å². The summed E-state index contributed by atoms with van der Waals surface area (Å²) in [7, 11) is 0. The molecule has 0 radical (unpaired) electrons. The Labute approximate surface area is 137 Å². The van der Waals surface area contributed by atoms with Gasteiger partial charge in [-0.05, 0) is 29.8 Å². The van der Waals surface area contributed by atoms with Gasteiger partial charge in [0, 0.05) is 17.6 Å². The molecule has 0 aliphatic heterocycles. The van der Waals surface area contributed by atoms with E-state index < -0.39 is 0 Å². The summed E-state index contributed by atoms with van der Waals surface area (Å²) in [6.45, 7) is 0. The van der Waals surface area contributed by atoms with Gasteiger partial charge < -0.3 is 0 Å². The van der Waals surface area contributed by atoms with E-state index in [1.54, 1.807) is 18.2 Å². The minimum absolute atomic E-state index is 0.0966. The van der Waals surface area contributed by atoms with Gasteiger partial charge in [0.15, 0.2) is 0 Å². The highest BCUT2D eigenvalue weighted by molar-refractivity contribution is 5.86. The van der Waals surface area contributed by atoms with Crippen LogP contribution in [0, 0.1) is 10.1 Å². The predicted molar refractivity (Wildman–Crippen MR) is 93.2 cm³/mol. The highest BCUT2D eigenvalue weighted by Gasteiger charge is 2.15. The normalized spacial score (nSPS) is 10.8. The molecular formula is C19H13N3O2. The lowest BCUT2D eigenvalue weighted by molar-refractivity contribution is -0.384. The van der Waals surface area contributed by atoms with E-state index in [4.69, 9.17) is 0 Å². The second kappa shape index (κ2) is 5.62. The van der Waals surface area contributed by atoms with Crippen molar-refractivity contribution < 1.29 is 4.92 Å². The van der Waals surface area contributed by atoms with Crippen molar-refractivity contribution in [3.05, 3.63) is 89.1 Å². The predicted octanol–water partition coefficient (Wildman–Crippen LogP) is 4.60. The Morgan fingerprint density at radius 1 is 0.917 bits per heavy atom. The fourth-order valence-electron chi connectivity index (χ4n) is 2.77. The monoisotopic (exact) mass is 315 g/mol. The van der Waals surface area contributed by atoms with Crippen LogP contribution in [0.2, 0.25) is 0 Å². The molecule has 0 amide bonds. The van der Waals surface area contributed by atoms with Crippen LogP contribution in [0.4, 0.5) is 5.69 Å². The van der Waals surface area contributed by atoms with E-state index in [1.165, 1.54) is 6.07 Å². The first-order chi connectivity index (χ1) is 11.7. The first kappa shape index (κ1) is 14.1. The van der Waals surface area contributed by atoms with Crippen molar-refractivity contribution in [3.8, 4) is 16.8 Å². The standard InChI is InChI=1S/C19H13N3O2/c23-22(24)19-9-5-4-8-17(19)14-10-11-15-13-21(20-18(15)12-14)16-6-2-1-3-7-16/h1-13H. The molecule has 0 unspecified atom stereocenters. The lowest BCUT2D eigenvalue weighted by Crippen LogP contribution is -1.93. The third-order valence-corrected chi connectivity index (χ3v) is 3.94. The summed E-state index contributed by atoms with van der Waals surface area (Å²) in [4.78, 5) is 10.9. The number of hydrogen-bond donors (Lipinski definition) is 0. The first-order valence-electron chi connectivity index (χ1n) is 7.51. The lowest BCUT2D eigenvalue weighted by Gasteiger charge is -2.02. The van der Waals surface area contributed by atoms with E-state index in [-0.39, 0.29) is 10.6 Å². The van der Waals surface area contributed by atoms with Crippen LogP contribution in [-0.4, -0.2) is 14.7 Å². The van der Waals surface area contributed by atoms with Gasteiger partial charge in [0.25, 0.3) is 5.69 Å². The smallest absolute Gasteiger partial charge is 0.258 e. The molecule has 1 aromatic heterocycles. The molecule has 0 atom stereocenters. The Bertz CT molecular complexity index is 1040. The maximum atomic E-state index is 11.2. The van der Waals surface area contributed by atoms with Gasteiger partial charge in [0.05, 0.1) is 21.7 Å². The summed E-state index contributed by atoms with van der Waals surface area (Å²) in [5.74, 6) is 0. The van der Waals surface area contributed by atoms with Crippen molar-refractivity contribution in [1.29, 1.82) is 0 Å². The molecule has 3 aromatic carbocycles. The molecule has 0 bridgehead atoms. The van der Waals surface area contributed by atoms with Crippen molar-refractivity contribution in [2.75, 3.05) is 0 Å². The lowest BCUT2D eigenvalue weighted by atomic mass is 10.0. The molecule has 4 aromatic rings. The summed E-state index contributed by atoms with van der Waals surface area (Å²) in [6, 6.07) is 22.3. The van der Waals surface area contributed by atoms with Gasteiger partial charge in [-0.3, -0.25) is 10.1 Å². The number of fused-ring (bicyclic) bond motifs is 1. The van der Waals surface area contributed by atoms with Gasteiger partial charge in [-0.2, -0.15) is 5.10 Å². The van der Waals surface area contributed by atoms with Crippen molar-refractivity contribution in [1.82, 2.24) is 9.78 Å². The molecule has 0 saturated carbocycles. The zero-order valence-corrected chi connectivity index (χ0v) is 12.7. The van der Waals surface area contributed by atoms with Gasteiger partial charge in [0.2, 0.25) is 0 Å². The van der Waals surface area contributed by atoms with Crippen LogP contribution in [0.25, 0.3) is 27.7 Å². The second-order valence-corrected chi connectivity index (χ2v) is 5.46. The van der Waals surface area contributed by atoms with Gasteiger partial charge in [-0.25, -0.2) is 4.68 Å². The highest BCUT2D eigenvalue weighted by Crippen LogP contribution is 2.31. The molecule has 0 aliphatic carbocycles. The number of rotatable bonds is 3. The number of nitro groups is 1. The van der Waals surface area contributed by atoms with Gasteiger partial charge in [0.1, 0.15) is 0 Å². The fraction of sp³-hybridized carbons (Fsp3) is 0. The average molecular weight is 315 g/mol. The summed E-state index contributed by atoms with van der Waals surface area (Å²) >= 11 is 0. The number of nitro benzene ring substituents is 1. The van der Waals surface area contributed by atoms with E-state index in [9.17, 15) is 10.1 Å². The summed E-state index contributed by atoms with van der Waals surface area (Å²) in [6.07, 6.45) is 1.95. The van der Waals surface area contributed by atoms with Crippen molar-refractivity contribution in [2.45, 2.75) is 0 Å². The Morgan fingerprint density at radius 3 is 2.46 bits per heavy atom. The van der Waals surface area contributed by atoms with Gasteiger partial charge >= 0.3 is 0 Å². The number of aromatic nitrogens is 2. The van der Waals surface area contributed by atoms with Crippen molar-refractivity contribution >= 4 is 16.6 Å². The minimum Gasteiger partial charge on any atom is -0.258 e. The van der Waals surface area contributed by atoms with E-state index in [1.807, 2.05) is 59.4 Å². The number of benzene rings is 3. The van der Waals surface area contributed by atoms with E-state index in [0.717, 1.165) is 22.2 Å². The maximum Gasteiger partial charge on any atom is 0.277 e. The Balaban J connectivity index is 1.84. The number of para-hydroxylation sites is 2. The molecule has 4 rings (SSSR count). The van der Waals surface area contributed by atoms with Crippen LogP contribution in [0.1, 0.15) is 0 Å². The van der Waals surface area contributed by atoms with Crippen LogP contribution in [0.15, 0.2) is 79.0 Å². The van der Waals surface area contributed by atoms with E-state index >= 15 is 0 Å². The van der Waals surface area contributed by atoms with E-state index in [2.05, 4.69) is 5.10 Å². The summed E-state index contributed by atoms with van der Waals surface area (Å²) in [5.41, 5.74) is 3.25. The molecule has 0 spiro atoms. The SMILES string of the molecule is O=[N+]([O-])c1ccccc1-c1ccc2cn(-c3ccccc3)nc2c1. The molecule has 5 heteroatoms. The zero-order chi connectivity index (χ0) is 16.5. The summed E-state index contributed by atoms with van der Waals surface area (Å²) < 4.78 is 1.81. The molecule has 1 heterocycles. The Hall–Kier alpha value is -3.47. The van der Waals surface area contributed by atoms with Crippen molar-refractivity contribution in [3.63, 3.8) is 0 Å². The van der Waals surface area contributed by atoms with Crippen LogP contribution in [0.5, 0.6) is 0 Å². The Kier molecular flexibility index (Phi) is 3.31. The average Bonchev–Trinajstić information content (AvgIpc) is 3.05. The fourth-order valence-corrected chi connectivity index (χ4v) is 2.77. The largest absolute Gasteiger partial charge is 0.277 e. The van der Waals surface area contributed by atoms with Gasteiger partial charge in [-0.1, -0.05) is 42.5 Å². The van der Waals surface area contributed by atoms with Crippen LogP contribution in [0.3, 0.4) is 0 Å².